The second kappa shape index (κ2) is 6.18. The highest BCUT2D eigenvalue weighted by Gasteiger charge is 2.21. The molecule has 1 aromatic carbocycles. The zero-order valence-electron chi connectivity index (χ0n) is 10.9. The predicted molar refractivity (Wildman–Crippen MR) is 70.5 cm³/mol. The Morgan fingerprint density at radius 1 is 1.55 bits per heavy atom. The molecule has 1 N–H and O–H groups in total. The molecule has 5 nitrogen and oxygen atoms in total. The molecule has 6 heteroatoms. The lowest BCUT2D eigenvalue weighted by molar-refractivity contribution is -0.133. The first kappa shape index (κ1) is 14.0. The van der Waals surface area contributed by atoms with Crippen molar-refractivity contribution in [1.29, 1.82) is 0 Å². The van der Waals surface area contributed by atoms with Crippen molar-refractivity contribution in [2.24, 2.45) is 0 Å². The summed E-state index contributed by atoms with van der Waals surface area (Å²) in [5, 5.41) is 2.59. The Labute approximate surface area is 116 Å². The first-order valence-corrected chi connectivity index (χ1v) is 6.19. The SMILES string of the molecule is C=CC(=O)NCCN1Cc2cc(F)ccc2OCC1=O. The Kier molecular flexibility index (Phi) is 4.34. The second-order valence-corrected chi connectivity index (χ2v) is 4.35. The fraction of sp³-hybridized carbons (Fsp3) is 0.286. The van der Waals surface area contributed by atoms with Crippen LogP contribution >= 0.6 is 0 Å². The first-order chi connectivity index (χ1) is 9.60. The minimum absolute atomic E-state index is 0.0892. The molecule has 1 aromatic rings. The zero-order valence-corrected chi connectivity index (χ0v) is 10.9. The molecular weight excluding hydrogens is 263 g/mol. The zero-order chi connectivity index (χ0) is 14.5. The quantitative estimate of drug-likeness (QED) is 0.831. The molecule has 0 atom stereocenters. The van der Waals surface area contributed by atoms with Crippen molar-refractivity contribution in [3.8, 4) is 5.75 Å². The van der Waals surface area contributed by atoms with Crippen molar-refractivity contribution in [3.63, 3.8) is 0 Å². The molecule has 1 aliphatic heterocycles. The standard InChI is InChI=1S/C14H15FN2O3/c1-2-13(18)16-5-6-17-8-10-7-11(15)3-4-12(10)20-9-14(17)19/h2-4,7H,1,5-6,8-9H2,(H,16,18). The summed E-state index contributed by atoms with van der Waals surface area (Å²) < 4.78 is 18.6. The van der Waals surface area contributed by atoms with E-state index < -0.39 is 0 Å². The number of amides is 2. The number of fused-ring (bicyclic) bond motifs is 1. The van der Waals surface area contributed by atoms with Crippen molar-refractivity contribution in [2.45, 2.75) is 6.54 Å². The van der Waals surface area contributed by atoms with Crippen LogP contribution in [0.5, 0.6) is 5.75 Å². The van der Waals surface area contributed by atoms with Crippen molar-refractivity contribution >= 4 is 11.8 Å². The van der Waals surface area contributed by atoms with Crippen LogP contribution in [0.1, 0.15) is 5.56 Å². The van der Waals surface area contributed by atoms with E-state index in [4.69, 9.17) is 4.74 Å². The van der Waals surface area contributed by atoms with E-state index >= 15 is 0 Å². The average molecular weight is 278 g/mol. The molecule has 0 aromatic heterocycles. The molecule has 0 saturated heterocycles. The lowest BCUT2D eigenvalue weighted by Gasteiger charge is -2.19. The van der Waals surface area contributed by atoms with E-state index in [-0.39, 0.29) is 30.8 Å². The number of nitrogens with one attached hydrogen (secondary N) is 1. The molecule has 20 heavy (non-hydrogen) atoms. The molecule has 1 aliphatic rings. The Bertz CT molecular complexity index is 545. The van der Waals surface area contributed by atoms with Crippen molar-refractivity contribution in [1.82, 2.24) is 10.2 Å². The van der Waals surface area contributed by atoms with Gasteiger partial charge in [0.1, 0.15) is 11.6 Å². The molecule has 106 valence electrons. The number of rotatable bonds is 4. The van der Waals surface area contributed by atoms with Gasteiger partial charge < -0.3 is 15.0 Å². The maximum Gasteiger partial charge on any atom is 0.260 e. The van der Waals surface area contributed by atoms with Crippen molar-refractivity contribution in [2.75, 3.05) is 19.7 Å². The summed E-state index contributed by atoms with van der Waals surface area (Å²) in [6, 6.07) is 4.16. The van der Waals surface area contributed by atoms with Crippen LogP contribution in [0.4, 0.5) is 4.39 Å². The summed E-state index contributed by atoms with van der Waals surface area (Å²) >= 11 is 0. The number of hydrogen-bond donors (Lipinski definition) is 1. The smallest absolute Gasteiger partial charge is 0.260 e. The van der Waals surface area contributed by atoms with Crippen molar-refractivity contribution in [3.05, 3.63) is 42.2 Å². The fourth-order valence-electron chi connectivity index (χ4n) is 1.93. The van der Waals surface area contributed by atoms with Crippen LogP contribution < -0.4 is 10.1 Å². The van der Waals surface area contributed by atoms with Gasteiger partial charge in [0.25, 0.3) is 5.91 Å². The molecule has 0 unspecified atom stereocenters. The van der Waals surface area contributed by atoms with Gasteiger partial charge in [-0.1, -0.05) is 6.58 Å². The van der Waals surface area contributed by atoms with Gasteiger partial charge in [-0.05, 0) is 24.3 Å². The fourth-order valence-corrected chi connectivity index (χ4v) is 1.93. The first-order valence-electron chi connectivity index (χ1n) is 6.19. The molecule has 0 fully saturated rings. The number of benzene rings is 1. The number of carbonyl (C=O) groups is 2. The minimum Gasteiger partial charge on any atom is -0.483 e. The molecule has 0 saturated carbocycles. The number of carbonyl (C=O) groups excluding carboxylic acids is 2. The predicted octanol–water partition coefficient (Wildman–Crippen LogP) is 0.849. The van der Waals surface area contributed by atoms with Crippen molar-refractivity contribution < 1.29 is 18.7 Å². The lowest BCUT2D eigenvalue weighted by atomic mass is 10.2. The van der Waals surface area contributed by atoms with Gasteiger partial charge in [-0.3, -0.25) is 9.59 Å². The summed E-state index contributed by atoms with van der Waals surface area (Å²) in [6.07, 6.45) is 1.16. The topological polar surface area (TPSA) is 58.6 Å². The number of ether oxygens (including phenoxy) is 1. The average Bonchev–Trinajstić information content (AvgIpc) is 2.58. The Morgan fingerprint density at radius 3 is 3.10 bits per heavy atom. The largest absolute Gasteiger partial charge is 0.483 e. The molecule has 0 bridgehead atoms. The maximum absolute atomic E-state index is 13.2. The highest BCUT2D eigenvalue weighted by atomic mass is 19.1. The van der Waals surface area contributed by atoms with E-state index in [0.29, 0.717) is 24.4 Å². The third kappa shape index (κ3) is 3.34. The summed E-state index contributed by atoms with van der Waals surface area (Å²) in [4.78, 5) is 24.4. The van der Waals surface area contributed by atoms with Crippen LogP contribution in [0.25, 0.3) is 0 Å². The van der Waals surface area contributed by atoms with Gasteiger partial charge >= 0.3 is 0 Å². The van der Waals surface area contributed by atoms with E-state index in [2.05, 4.69) is 11.9 Å². The van der Waals surface area contributed by atoms with Gasteiger partial charge in [-0.2, -0.15) is 0 Å². The highest BCUT2D eigenvalue weighted by Crippen LogP contribution is 2.23. The van der Waals surface area contributed by atoms with Crippen LogP contribution in [0, 0.1) is 5.82 Å². The van der Waals surface area contributed by atoms with E-state index in [9.17, 15) is 14.0 Å². The molecule has 0 radical (unpaired) electrons. The number of hydrogen-bond acceptors (Lipinski definition) is 3. The van der Waals surface area contributed by atoms with Crippen LogP contribution in [0.3, 0.4) is 0 Å². The molecule has 0 aliphatic carbocycles. The Hall–Kier alpha value is -2.37. The van der Waals surface area contributed by atoms with E-state index in [1.165, 1.54) is 23.1 Å². The number of nitrogens with zero attached hydrogens (tertiary/aromatic N) is 1. The molecule has 1 heterocycles. The molecular formula is C14H15FN2O3. The van der Waals surface area contributed by atoms with Gasteiger partial charge in [0.15, 0.2) is 6.61 Å². The second-order valence-electron chi connectivity index (χ2n) is 4.35. The normalized spacial score (nSPS) is 14.1. The van der Waals surface area contributed by atoms with Crippen LogP contribution in [-0.2, 0) is 16.1 Å². The third-order valence-electron chi connectivity index (χ3n) is 2.95. The minimum atomic E-state index is -0.374. The highest BCUT2D eigenvalue weighted by molar-refractivity contribution is 5.86. The lowest BCUT2D eigenvalue weighted by Crippen LogP contribution is -2.38. The summed E-state index contributed by atoms with van der Waals surface area (Å²) in [6.45, 7) is 4.15. The van der Waals surface area contributed by atoms with Crippen LogP contribution in [0.2, 0.25) is 0 Å². The monoisotopic (exact) mass is 278 g/mol. The van der Waals surface area contributed by atoms with Gasteiger partial charge in [-0.25, -0.2) is 4.39 Å². The Morgan fingerprint density at radius 2 is 2.35 bits per heavy atom. The summed E-state index contributed by atoms with van der Waals surface area (Å²) in [7, 11) is 0. The van der Waals surface area contributed by atoms with E-state index in [0.717, 1.165) is 6.08 Å². The molecule has 2 rings (SSSR count). The maximum atomic E-state index is 13.2. The van der Waals surface area contributed by atoms with Gasteiger partial charge in [0.05, 0.1) is 0 Å². The third-order valence-corrected chi connectivity index (χ3v) is 2.95. The van der Waals surface area contributed by atoms with Gasteiger partial charge in [-0.15, -0.1) is 0 Å². The van der Waals surface area contributed by atoms with E-state index in [1.54, 1.807) is 0 Å². The molecule has 2 amide bonds. The molecule has 0 spiro atoms. The van der Waals surface area contributed by atoms with Crippen LogP contribution in [0.15, 0.2) is 30.9 Å². The van der Waals surface area contributed by atoms with E-state index in [1.807, 2.05) is 0 Å². The summed E-state index contributed by atoms with van der Waals surface area (Å²) in [5.41, 5.74) is 0.617. The van der Waals surface area contributed by atoms with Gasteiger partial charge in [0, 0.05) is 25.2 Å². The van der Waals surface area contributed by atoms with Crippen LogP contribution in [-0.4, -0.2) is 36.4 Å². The summed E-state index contributed by atoms with van der Waals surface area (Å²) in [5.74, 6) is -0.358. The van der Waals surface area contributed by atoms with Gasteiger partial charge in [0.2, 0.25) is 5.91 Å². The Balaban J connectivity index is 2.03. The number of halogens is 1.